The molecule has 0 aliphatic carbocycles. The molecule has 0 heterocycles. The molecule has 0 amide bonds. The SMILES string of the molecule is CCCCCCCCOc1ccc(C(=O)O)c(OC)c1. The molecule has 0 saturated carbocycles. The van der Waals surface area contributed by atoms with Gasteiger partial charge in [0.05, 0.1) is 13.7 Å². The second kappa shape index (κ2) is 9.23. The molecular weight excluding hydrogens is 256 g/mol. The number of rotatable bonds is 10. The average Bonchev–Trinajstić information content (AvgIpc) is 2.45. The summed E-state index contributed by atoms with van der Waals surface area (Å²) in [5.41, 5.74) is 0.152. The molecule has 0 fully saturated rings. The van der Waals surface area contributed by atoms with E-state index in [1.165, 1.54) is 45.3 Å². The zero-order valence-electron chi connectivity index (χ0n) is 12.4. The Balaban J connectivity index is 2.35. The van der Waals surface area contributed by atoms with Crippen molar-refractivity contribution in [1.29, 1.82) is 0 Å². The van der Waals surface area contributed by atoms with Crippen LogP contribution < -0.4 is 9.47 Å². The molecule has 1 aromatic rings. The van der Waals surface area contributed by atoms with Gasteiger partial charge >= 0.3 is 5.97 Å². The normalized spacial score (nSPS) is 10.3. The Morgan fingerprint density at radius 2 is 1.85 bits per heavy atom. The van der Waals surface area contributed by atoms with E-state index in [4.69, 9.17) is 14.6 Å². The first kappa shape index (κ1) is 16.3. The largest absolute Gasteiger partial charge is 0.496 e. The van der Waals surface area contributed by atoms with E-state index in [0.29, 0.717) is 18.1 Å². The Morgan fingerprint density at radius 1 is 1.15 bits per heavy atom. The fourth-order valence-electron chi connectivity index (χ4n) is 2.01. The number of carboxylic acid groups (broad SMARTS) is 1. The monoisotopic (exact) mass is 280 g/mol. The maximum Gasteiger partial charge on any atom is 0.339 e. The van der Waals surface area contributed by atoms with Crippen molar-refractivity contribution in [2.24, 2.45) is 0 Å². The summed E-state index contributed by atoms with van der Waals surface area (Å²) in [6.07, 6.45) is 7.29. The molecular formula is C16H24O4. The average molecular weight is 280 g/mol. The van der Waals surface area contributed by atoms with E-state index in [1.807, 2.05) is 0 Å². The van der Waals surface area contributed by atoms with Crippen molar-refractivity contribution in [3.8, 4) is 11.5 Å². The minimum Gasteiger partial charge on any atom is -0.496 e. The highest BCUT2D eigenvalue weighted by Crippen LogP contribution is 2.24. The Hall–Kier alpha value is -1.71. The van der Waals surface area contributed by atoms with Crippen LogP contribution >= 0.6 is 0 Å². The quantitative estimate of drug-likeness (QED) is 0.655. The van der Waals surface area contributed by atoms with Crippen LogP contribution in [0.15, 0.2) is 18.2 Å². The van der Waals surface area contributed by atoms with Crippen LogP contribution in [-0.2, 0) is 0 Å². The summed E-state index contributed by atoms with van der Waals surface area (Å²) in [5, 5.41) is 8.98. The van der Waals surface area contributed by atoms with Crippen molar-refractivity contribution in [3.05, 3.63) is 23.8 Å². The summed E-state index contributed by atoms with van der Waals surface area (Å²) >= 11 is 0. The highest BCUT2D eigenvalue weighted by atomic mass is 16.5. The van der Waals surface area contributed by atoms with Crippen molar-refractivity contribution in [1.82, 2.24) is 0 Å². The van der Waals surface area contributed by atoms with Gasteiger partial charge in [-0.05, 0) is 18.6 Å². The van der Waals surface area contributed by atoms with Crippen molar-refractivity contribution in [3.63, 3.8) is 0 Å². The molecule has 4 nitrogen and oxygen atoms in total. The van der Waals surface area contributed by atoms with Gasteiger partial charge in [0, 0.05) is 6.07 Å². The topological polar surface area (TPSA) is 55.8 Å². The lowest BCUT2D eigenvalue weighted by molar-refractivity contribution is 0.0693. The van der Waals surface area contributed by atoms with E-state index in [2.05, 4.69) is 6.92 Å². The van der Waals surface area contributed by atoms with E-state index < -0.39 is 5.97 Å². The van der Waals surface area contributed by atoms with Gasteiger partial charge in [0.25, 0.3) is 0 Å². The fraction of sp³-hybridized carbons (Fsp3) is 0.562. The van der Waals surface area contributed by atoms with Crippen LogP contribution in [0, 0.1) is 0 Å². The second-order valence-corrected chi connectivity index (χ2v) is 4.78. The summed E-state index contributed by atoms with van der Waals surface area (Å²) in [6.45, 7) is 2.86. The van der Waals surface area contributed by atoms with Crippen LogP contribution in [0.1, 0.15) is 55.8 Å². The molecule has 20 heavy (non-hydrogen) atoms. The molecule has 0 radical (unpaired) electrons. The highest BCUT2D eigenvalue weighted by molar-refractivity contribution is 5.91. The van der Waals surface area contributed by atoms with Crippen molar-refractivity contribution >= 4 is 5.97 Å². The molecule has 112 valence electrons. The van der Waals surface area contributed by atoms with Crippen molar-refractivity contribution < 1.29 is 19.4 Å². The lowest BCUT2D eigenvalue weighted by atomic mass is 10.1. The molecule has 0 aliphatic heterocycles. The molecule has 4 heteroatoms. The van der Waals surface area contributed by atoms with Crippen molar-refractivity contribution in [2.45, 2.75) is 45.4 Å². The lowest BCUT2D eigenvalue weighted by Gasteiger charge is -2.09. The third-order valence-corrected chi connectivity index (χ3v) is 3.17. The molecule has 0 unspecified atom stereocenters. The number of aromatic carboxylic acids is 1. The number of hydrogen-bond acceptors (Lipinski definition) is 3. The van der Waals surface area contributed by atoms with Gasteiger partial charge in [0.2, 0.25) is 0 Å². The predicted octanol–water partition coefficient (Wildman–Crippen LogP) is 4.13. The number of carboxylic acids is 1. The smallest absolute Gasteiger partial charge is 0.339 e. The van der Waals surface area contributed by atoms with Gasteiger partial charge in [-0.15, -0.1) is 0 Å². The summed E-state index contributed by atoms with van der Waals surface area (Å²) < 4.78 is 10.7. The third-order valence-electron chi connectivity index (χ3n) is 3.17. The maximum atomic E-state index is 11.0. The van der Waals surface area contributed by atoms with E-state index >= 15 is 0 Å². The second-order valence-electron chi connectivity index (χ2n) is 4.78. The van der Waals surface area contributed by atoms with E-state index in [9.17, 15) is 4.79 Å². The summed E-state index contributed by atoms with van der Waals surface area (Å²) in [5.74, 6) is -0.0114. The minimum atomic E-state index is -0.996. The van der Waals surface area contributed by atoms with Gasteiger partial charge in [-0.3, -0.25) is 0 Å². The van der Waals surface area contributed by atoms with Gasteiger partial charge in [-0.1, -0.05) is 39.0 Å². The number of methoxy groups -OCH3 is 1. The lowest BCUT2D eigenvalue weighted by Crippen LogP contribution is -2.02. The fourth-order valence-corrected chi connectivity index (χ4v) is 2.01. The summed E-state index contributed by atoms with van der Waals surface area (Å²) in [7, 11) is 1.46. The van der Waals surface area contributed by atoms with Crippen LogP contribution in [0.4, 0.5) is 0 Å². The maximum absolute atomic E-state index is 11.0. The summed E-state index contributed by atoms with van der Waals surface area (Å²) in [4.78, 5) is 11.0. The van der Waals surface area contributed by atoms with Gasteiger partial charge in [-0.25, -0.2) is 4.79 Å². The van der Waals surface area contributed by atoms with Gasteiger partial charge in [0.15, 0.2) is 0 Å². The molecule has 0 aromatic heterocycles. The first-order chi connectivity index (χ1) is 9.69. The Morgan fingerprint density at radius 3 is 2.50 bits per heavy atom. The number of hydrogen-bond donors (Lipinski definition) is 1. The molecule has 0 spiro atoms. The van der Waals surface area contributed by atoms with Crippen LogP contribution in [0.2, 0.25) is 0 Å². The van der Waals surface area contributed by atoms with Crippen LogP contribution in [-0.4, -0.2) is 24.8 Å². The molecule has 0 atom stereocenters. The molecule has 0 aliphatic rings. The zero-order valence-corrected chi connectivity index (χ0v) is 12.4. The summed E-state index contributed by atoms with van der Waals surface area (Å²) in [6, 6.07) is 4.81. The van der Waals surface area contributed by atoms with E-state index in [0.717, 1.165) is 6.42 Å². The Labute approximate surface area is 120 Å². The first-order valence-electron chi connectivity index (χ1n) is 7.23. The van der Waals surface area contributed by atoms with Gasteiger partial charge < -0.3 is 14.6 Å². The predicted molar refractivity (Wildman–Crippen MR) is 78.8 cm³/mol. The minimum absolute atomic E-state index is 0.152. The van der Waals surface area contributed by atoms with Gasteiger partial charge in [-0.2, -0.15) is 0 Å². The number of ether oxygens (including phenoxy) is 2. The molecule has 1 N–H and O–H groups in total. The molecule has 1 rings (SSSR count). The molecule has 1 aromatic carbocycles. The van der Waals surface area contributed by atoms with Crippen molar-refractivity contribution in [2.75, 3.05) is 13.7 Å². The van der Waals surface area contributed by atoms with Gasteiger partial charge in [0.1, 0.15) is 17.1 Å². The molecule has 0 saturated heterocycles. The Bertz CT molecular complexity index is 415. The van der Waals surface area contributed by atoms with Crippen LogP contribution in [0.25, 0.3) is 0 Å². The standard InChI is InChI=1S/C16H24O4/c1-3-4-5-6-7-8-11-20-13-9-10-14(16(17)18)15(12-13)19-2/h9-10,12H,3-8,11H2,1-2H3,(H,17,18). The number of unbranched alkanes of at least 4 members (excludes halogenated alkanes) is 5. The van der Waals surface area contributed by atoms with Crippen LogP contribution in [0.3, 0.4) is 0 Å². The van der Waals surface area contributed by atoms with Crippen LogP contribution in [0.5, 0.6) is 11.5 Å². The molecule has 0 bridgehead atoms. The Kier molecular flexibility index (Phi) is 7.55. The van der Waals surface area contributed by atoms with E-state index in [-0.39, 0.29) is 5.56 Å². The zero-order chi connectivity index (χ0) is 14.8. The first-order valence-corrected chi connectivity index (χ1v) is 7.23. The highest BCUT2D eigenvalue weighted by Gasteiger charge is 2.11. The number of carbonyl (C=O) groups is 1. The third kappa shape index (κ3) is 5.51. The van der Waals surface area contributed by atoms with E-state index in [1.54, 1.807) is 12.1 Å². The number of benzene rings is 1.